The minimum absolute atomic E-state index is 0.490. The number of pyridine rings is 1. The Balaban J connectivity index is 2.74. The van der Waals surface area contributed by atoms with Crippen LogP contribution in [-0.2, 0) is 6.54 Å². The lowest BCUT2D eigenvalue weighted by Gasteiger charge is -2.07. The van der Waals surface area contributed by atoms with Gasteiger partial charge in [0.2, 0.25) is 0 Å². The second-order valence-corrected chi connectivity index (χ2v) is 3.75. The van der Waals surface area contributed by atoms with Gasteiger partial charge in [-0.05, 0) is 18.9 Å². The third-order valence-corrected chi connectivity index (χ3v) is 2.43. The molecule has 2 aromatic heterocycles. The first-order valence-corrected chi connectivity index (χ1v) is 5.04. The highest BCUT2D eigenvalue weighted by atomic mass is 15.3. The summed E-state index contributed by atoms with van der Waals surface area (Å²) >= 11 is 0. The molecule has 2 heterocycles. The van der Waals surface area contributed by atoms with Gasteiger partial charge in [-0.15, -0.1) is 0 Å². The SMILES string of the molecule is CCn1nc2ccncc2c1C(C)C. The van der Waals surface area contributed by atoms with Crippen molar-refractivity contribution < 1.29 is 0 Å². The average Bonchev–Trinajstić information content (AvgIpc) is 2.55. The highest BCUT2D eigenvalue weighted by Gasteiger charge is 2.12. The molecule has 0 amide bonds. The summed E-state index contributed by atoms with van der Waals surface area (Å²) in [6, 6.07) is 1.97. The van der Waals surface area contributed by atoms with Gasteiger partial charge in [-0.25, -0.2) is 0 Å². The Morgan fingerprint density at radius 1 is 1.43 bits per heavy atom. The van der Waals surface area contributed by atoms with Crippen LogP contribution in [0.3, 0.4) is 0 Å². The normalized spacial score (nSPS) is 11.4. The summed E-state index contributed by atoms with van der Waals surface area (Å²) in [5, 5.41) is 5.71. The highest BCUT2D eigenvalue weighted by Crippen LogP contribution is 2.24. The van der Waals surface area contributed by atoms with Crippen LogP contribution in [0, 0.1) is 0 Å². The number of nitrogens with zero attached hydrogens (tertiary/aromatic N) is 3. The minimum Gasteiger partial charge on any atom is -0.268 e. The first-order valence-electron chi connectivity index (χ1n) is 5.04. The molecule has 0 saturated heterocycles. The fourth-order valence-corrected chi connectivity index (χ4v) is 1.84. The van der Waals surface area contributed by atoms with Gasteiger partial charge in [-0.2, -0.15) is 5.10 Å². The van der Waals surface area contributed by atoms with E-state index in [2.05, 4.69) is 35.5 Å². The van der Waals surface area contributed by atoms with E-state index < -0.39 is 0 Å². The Bertz CT molecular complexity index is 443. The molecule has 0 atom stereocenters. The van der Waals surface area contributed by atoms with Crippen LogP contribution in [0.25, 0.3) is 10.9 Å². The second-order valence-electron chi connectivity index (χ2n) is 3.75. The maximum absolute atomic E-state index is 4.53. The van der Waals surface area contributed by atoms with Crippen molar-refractivity contribution in [1.82, 2.24) is 14.8 Å². The van der Waals surface area contributed by atoms with E-state index in [1.165, 1.54) is 11.1 Å². The molecular weight excluding hydrogens is 174 g/mol. The number of hydrogen-bond acceptors (Lipinski definition) is 2. The van der Waals surface area contributed by atoms with Crippen molar-refractivity contribution in [3.8, 4) is 0 Å². The Kier molecular flexibility index (Phi) is 2.23. The molecule has 74 valence electrons. The molecule has 2 rings (SSSR count). The summed E-state index contributed by atoms with van der Waals surface area (Å²) in [5.41, 5.74) is 2.33. The summed E-state index contributed by atoms with van der Waals surface area (Å²) < 4.78 is 2.07. The first-order chi connectivity index (χ1) is 6.74. The molecule has 2 aromatic rings. The van der Waals surface area contributed by atoms with Gasteiger partial charge in [0.05, 0.1) is 11.2 Å². The van der Waals surface area contributed by atoms with Gasteiger partial charge in [0.1, 0.15) is 0 Å². The van der Waals surface area contributed by atoms with Gasteiger partial charge in [0.25, 0.3) is 0 Å². The third kappa shape index (κ3) is 1.29. The van der Waals surface area contributed by atoms with E-state index in [-0.39, 0.29) is 0 Å². The predicted molar refractivity (Wildman–Crippen MR) is 57.3 cm³/mol. The van der Waals surface area contributed by atoms with Crippen LogP contribution in [0.5, 0.6) is 0 Å². The number of rotatable bonds is 2. The minimum atomic E-state index is 0.490. The van der Waals surface area contributed by atoms with Crippen molar-refractivity contribution in [2.24, 2.45) is 0 Å². The lowest BCUT2D eigenvalue weighted by Crippen LogP contribution is -2.03. The maximum Gasteiger partial charge on any atom is 0.0957 e. The zero-order valence-electron chi connectivity index (χ0n) is 8.86. The number of aromatic nitrogens is 3. The quantitative estimate of drug-likeness (QED) is 0.727. The lowest BCUT2D eigenvalue weighted by molar-refractivity contribution is 0.605. The molecule has 0 aromatic carbocycles. The Labute approximate surface area is 83.8 Å². The Morgan fingerprint density at radius 2 is 2.21 bits per heavy atom. The summed E-state index contributed by atoms with van der Waals surface area (Å²) in [4.78, 5) is 4.15. The molecule has 0 aliphatic heterocycles. The van der Waals surface area contributed by atoms with E-state index in [4.69, 9.17) is 0 Å². The number of fused-ring (bicyclic) bond motifs is 1. The van der Waals surface area contributed by atoms with E-state index in [1.807, 2.05) is 12.3 Å². The van der Waals surface area contributed by atoms with E-state index in [0.717, 1.165) is 12.1 Å². The molecule has 3 heteroatoms. The van der Waals surface area contributed by atoms with Crippen LogP contribution in [-0.4, -0.2) is 14.8 Å². The Hall–Kier alpha value is -1.38. The van der Waals surface area contributed by atoms with E-state index >= 15 is 0 Å². The van der Waals surface area contributed by atoms with Crippen LogP contribution in [0.15, 0.2) is 18.5 Å². The molecule has 0 aliphatic carbocycles. The fraction of sp³-hybridized carbons (Fsp3) is 0.455. The molecule has 0 radical (unpaired) electrons. The summed E-state index contributed by atoms with van der Waals surface area (Å²) in [6.07, 6.45) is 3.70. The lowest BCUT2D eigenvalue weighted by atomic mass is 10.1. The molecule has 3 nitrogen and oxygen atoms in total. The second kappa shape index (κ2) is 3.40. The van der Waals surface area contributed by atoms with Crippen LogP contribution in [0.4, 0.5) is 0 Å². The molecular formula is C11H15N3. The van der Waals surface area contributed by atoms with E-state index in [9.17, 15) is 0 Å². The van der Waals surface area contributed by atoms with Crippen LogP contribution >= 0.6 is 0 Å². The molecule has 0 bridgehead atoms. The van der Waals surface area contributed by atoms with Gasteiger partial charge >= 0.3 is 0 Å². The van der Waals surface area contributed by atoms with Crippen molar-refractivity contribution in [2.75, 3.05) is 0 Å². The standard InChI is InChI=1S/C11H15N3/c1-4-14-11(8(2)3)9-7-12-6-5-10(9)13-14/h5-8H,4H2,1-3H3. The number of hydrogen-bond donors (Lipinski definition) is 0. The first kappa shape index (κ1) is 9.19. The van der Waals surface area contributed by atoms with Crippen molar-refractivity contribution in [1.29, 1.82) is 0 Å². The summed E-state index contributed by atoms with van der Waals surface area (Å²) in [5.74, 6) is 0.490. The van der Waals surface area contributed by atoms with Crippen LogP contribution in [0.1, 0.15) is 32.4 Å². The monoisotopic (exact) mass is 189 g/mol. The van der Waals surface area contributed by atoms with Crippen molar-refractivity contribution >= 4 is 10.9 Å². The molecule has 0 N–H and O–H groups in total. The van der Waals surface area contributed by atoms with Gasteiger partial charge in [0.15, 0.2) is 0 Å². The molecule has 0 fully saturated rings. The maximum atomic E-state index is 4.53. The van der Waals surface area contributed by atoms with Crippen LogP contribution < -0.4 is 0 Å². The van der Waals surface area contributed by atoms with E-state index in [0.29, 0.717) is 5.92 Å². The van der Waals surface area contributed by atoms with Crippen LogP contribution in [0.2, 0.25) is 0 Å². The predicted octanol–water partition coefficient (Wildman–Crippen LogP) is 2.57. The topological polar surface area (TPSA) is 30.7 Å². The molecule has 0 saturated carbocycles. The molecule has 0 aliphatic rings. The average molecular weight is 189 g/mol. The summed E-state index contributed by atoms with van der Waals surface area (Å²) in [6.45, 7) is 7.42. The molecule has 14 heavy (non-hydrogen) atoms. The highest BCUT2D eigenvalue weighted by molar-refractivity contribution is 5.80. The molecule has 0 spiro atoms. The third-order valence-electron chi connectivity index (χ3n) is 2.43. The van der Waals surface area contributed by atoms with Gasteiger partial charge in [-0.1, -0.05) is 13.8 Å². The smallest absolute Gasteiger partial charge is 0.0957 e. The van der Waals surface area contributed by atoms with Crippen molar-refractivity contribution in [2.45, 2.75) is 33.2 Å². The summed E-state index contributed by atoms with van der Waals surface area (Å²) in [7, 11) is 0. The van der Waals surface area contributed by atoms with Crippen molar-refractivity contribution in [3.05, 3.63) is 24.2 Å². The van der Waals surface area contributed by atoms with Gasteiger partial charge < -0.3 is 0 Å². The Morgan fingerprint density at radius 3 is 2.86 bits per heavy atom. The fourth-order valence-electron chi connectivity index (χ4n) is 1.84. The van der Waals surface area contributed by atoms with Crippen molar-refractivity contribution in [3.63, 3.8) is 0 Å². The number of aryl methyl sites for hydroxylation is 1. The van der Waals surface area contributed by atoms with Gasteiger partial charge in [-0.3, -0.25) is 9.67 Å². The van der Waals surface area contributed by atoms with E-state index in [1.54, 1.807) is 6.20 Å². The zero-order chi connectivity index (χ0) is 10.1. The zero-order valence-corrected chi connectivity index (χ0v) is 8.86. The van der Waals surface area contributed by atoms with Gasteiger partial charge in [0, 0.05) is 24.3 Å². The largest absolute Gasteiger partial charge is 0.268 e. The molecule has 0 unspecified atom stereocenters.